The Kier molecular flexibility index (Phi) is 7.31. The Morgan fingerprint density at radius 2 is 1.79 bits per heavy atom. The van der Waals surface area contributed by atoms with Crippen LogP contribution >= 0.6 is 0 Å². The van der Waals surface area contributed by atoms with E-state index in [2.05, 4.69) is 20.5 Å². The van der Waals surface area contributed by atoms with Crippen molar-refractivity contribution < 1.29 is 18.4 Å². The first kappa shape index (κ1) is 22.5. The van der Waals surface area contributed by atoms with E-state index in [4.69, 9.17) is 4.42 Å². The number of benzene rings is 1. The highest BCUT2D eigenvalue weighted by molar-refractivity contribution is 6.35. The highest BCUT2D eigenvalue weighted by atomic mass is 19.1. The number of hydrogen-bond acceptors (Lipinski definition) is 6. The summed E-state index contributed by atoms with van der Waals surface area (Å²) in [5, 5.41) is 5.28. The van der Waals surface area contributed by atoms with Crippen LogP contribution in [0.5, 0.6) is 0 Å². The molecule has 0 spiro atoms. The second-order valence-corrected chi connectivity index (χ2v) is 7.75. The van der Waals surface area contributed by atoms with Gasteiger partial charge in [0.1, 0.15) is 11.6 Å². The van der Waals surface area contributed by atoms with E-state index in [0.717, 1.165) is 5.56 Å². The summed E-state index contributed by atoms with van der Waals surface area (Å²) in [6.45, 7) is 3.04. The maximum absolute atomic E-state index is 14.2. The van der Waals surface area contributed by atoms with Crippen molar-refractivity contribution in [1.29, 1.82) is 0 Å². The van der Waals surface area contributed by atoms with Gasteiger partial charge in [-0.15, -0.1) is 0 Å². The number of furan rings is 1. The Morgan fingerprint density at radius 3 is 2.48 bits per heavy atom. The van der Waals surface area contributed by atoms with E-state index in [0.29, 0.717) is 37.6 Å². The molecule has 1 aliphatic heterocycles. The predicted molar refractivity (Wildman–Crippen MR) is 121 cm³/mol. The van der Waals surface area contributed by atoms with Crippen LogP contribution in [0.2, 0.25) is 0 Å². The molecule has 33 heavy (non-hydrogen) atoms. The molecule has 1 saturated heterocycles. The highest BCUT2D eigenvalue weighted by Gasteiger charge is 2.27. The Bertz CT molecular complexity index is 1050. The van der Waals surface area contributed by atoms with Gasteiger partial charge in [-0.1, -0.05) is 18.2 Å². The Hall–Kier alpha value is -3.72. The van der Waals surface area contributed by atoms with Gasteiger partial charge in [0.2, 0.25) is 0 Å². The number of carbonyl (C=O) groups is 2. The van der Waals surface area contributed by atoms with Gasteiger partial charge in [-0.25, -0.2) is 4.39 Å². The standard InChI is InChI=1S/C24H26FN5O3/c25-20-7-1-2-8-21(20)29-10-12-30(13-11-29)22(18-5-3-9-26-15-18)17-28-24(32)23(31)27-16-19-6-4-14-33-19/h1-9,14-15,22H,10-13,16-17H2,(H,27,31)(H,28,32). The first-order valence-corrected chi connectivity index (χ1v) is 10.8. The fraction of sp³-hybridized carbons (Fsp3) is 0.292. The molecule has 2 N–H and O–H groups in total. The lowest BCUT2D eigenvalue weighted by atomic mass is 10.1. The van der Waals surface area contributed by atoms with Gasteiger partial charge in [0, 0.05) is 45.1 Å². The molecule has 2 amide bonds. The van der Waals surface area contributed by atoms with E-state index in [1.165, 1.54) is 12.3 Å². The summed E-state index contributed by atoms with van der Waals surface area (Å²) in [5.74, 6) is -1.10. The van der Waals surface area contributed by atoms with Crippen LogP contribution in [0.3, 0.4) is 0 Å². The van der Waals surface area contributed by atoms with Crippen molar-refractivity contribution in [2.75, 3.05) is 37.6 Å². The van der Waals surface area contributed by atoms with Gasteiger partial charge in [-0.2, -0.15) is 0 Å². The maximum atomic E-state index is 14.2. The summed E-state index contributed by atoms with van der Waals surface area (Å²) < 4.78 is 19.3. The molecule has 1 unspecified atom stereocenters. The van der Waals surface area contributed by atoms with Crippen molar-refractivity contribution in [3.05, 3.63) is 84.3 Å². The molecular formula is C24H26FN5O3. The van der Waals surface area contributed by atoms with Gasteiger partial charge < -0.3 is 20.0 Å². The number of para-hydroxylation sites is 1. The number of piperazine rings is 1. The number of pyridine rings is 1. The first-order chi connectivity index (χ1) is 16.1. The average molecular weight is 452 g/mol. The first-order valence-electron chi connectivity index (χ1n) is 10.8. The van der Waals surface area contributed by atoms with Crippen LogP contribution in [-0.4, -0.2) is 54.4 Å². The summed E-state index contributed by atoms with van der Waals surface area (Å²) in [6, 6.07) is 13.8. The molecule has 0 radical (unpaired) electrons. The molecule has 0 saturated carbocycles. The fourth-order valence-corrected chi connectivity index (χ4v) is 3.94. The van der Waals surface area contributed by atoms with Crippen LogP contribution in [0.15, 0.2) is 71.6 Å². The molecule has 1 atom stereocenters. The molecule has 8 nitrogen and oxygen atoms in total. The van der Waals surface area contributed by atoms with Gasteiger partial charge in [0.25, 0.3) is 0 Å². The van der Waals surface area contributed by atoms with Gasteiger partial charge in [0.05, 0.1) is 24.5 Å². The fourth-order valence-electron chi connectivity index (χ4n) is 3.94. The predicted octanol–water partition coefficient (Wildman–Crippen LogP) is 2.11. The van der Waals surface area contributed by atoms with E-state index in [9.17, 15) is 14.0 Å². The molecule has 1 fully saturated rings. The zero-order valence-electron chi connectivity index (χ0n) is 18.1. The molecular weight excluding hydrogens is 425 g/mol. The molecule has 3 aromatic rings. The van der Waals surface area contributed by atoms with Crippen LogP contribution in [0.1, 0.15) is 17.4 Å². The number of nitrogens with one attached hydrogen (secondary N) is 2. The zero-order chi connectivity index (χ0) is 23.0. The van der Waals surface area contributed by atoms with Crippen molar-refractivity contribution >= 4 is 17.5 Å². The van der Waals surface area contributed by atoms with E-state index < -0.39 is 11.8 Å². The third-order valence-corrected chi connectivity index (χ3v) is 5.68. The van der Waals surface area contributed by atoms with E-state index in [1.807, 2.05) is 23.1 Å². The van der Waals surface area contributed by atoms with Crippen molar-refractivity contribution in [2.24, 2.45) is 0 Å². The smallest absolute Gasteiger partial charge is 0.309 e. The Morgan fingerprint density at radius 1 is 1.00 bits per heavy atom. The molecule has 4 rings (SSSR count). The second-order valence-electron chi connectivity index (χ2n) is 7.75. The summed E-state index contributed by atoms with van der Waals surface area (Å²) in [7, 11) is 0. The SMILES string of the molecule is O=C(NCc1ccco1)C(=O)NCC(c1cccnc1)N1CCN(c2ccccc2F)CC1. The lowest BCUT2D eigenvalue weighted by molar-refractivity contribution is -0.139. The summed E-state index contributed by atoms with van der Waals surface area (Å²) in [5.41, 5.74) is 1.53. The monoisotopic (exact) mass is 451 g/mol. The quantitative estimate of drug-likeness (QED) is 0.535. The third kappa shape index (κ3) is 5.75. The minimum atomic E-state index is -0.722. The van der Waals surface area contributed by atoms with E-state index in [-0.39, 0.29) is 24.9 Å². The second kappa shape index (κ2) is 10.7. The largest absolute Gasteiger partial charge is 0.467 e. The number of nitrogens with zero attached hydrogens (tertiary/aromatic N) is 3. The molecule has 1 aromatic carbocycles. The van der Waals surface area contributed by atoms with E-state index >= 15 is 0 Å². The molecule has 1 aliphatic rings. The number of carbonyl (C=O) groups excluding carboxylic acids is 2. The topological polar surface area (TPSA) is 90.7 Å². The molecule has 2 aromatic heterocycles. The lowest BCUT2D eigenvalue weighted by Crippen LogP contribution is -2.51. The summed E-state index contributed by atoms with van der Waals surface area (Å²) in [4.78, 5) is 33.0. The van der Waals surface area contributed by atoms with Gasteiger partial charge in [0.15, 0.2) is 0 Å². The van der Waals surface area contributed by atoms with Gasteiger partial charge >= 0.3 is 11.8 Å². The van der Waals surface area contributed by atoms with Crippen molar-refractivity contribution in [2.45, 2.75) is 12.6 Å². The van der Waals surface area contributed by atoms with Crippen LogP contribution < -0.4 is 15.5 Å². The van der Waals surface area contributed by atoms with E-state index in [1.54, 1.807) is 36.7 Å². The zero-order valence-corrected chi connectivity index (χ0v) is 18.1. The number of hydrogen-bond donors (Lipinski definition) is 2. The molecule has 0 bridgehead atoms. The Labute approximate surface area is 191 Å². The molecule has 0 aliphatic carbocycles. The summed E-state index contributed by atoms with van der Waals surface area (Å²) >= 11 is 0. The highest BCUT2D eigenvalue weighted by Crippen LogP contribution is 2.25. The van der Waals surface area contributed by atoms with Crippen LogP contribution in [0, 0.1) is 5.82 Å². The molecule has 172 valence electrons. The number of anilines is 1. The summed E-state index contributed by atoms with van der Waals surface area (Å²) in [6.07, 6.45) is 4.96. The normalized spacial score (nSPS) is 15.1. The van der Waals surface area contributed by atoms with Crippen molar-refractivity contribution in [3.63, 3.8) is 0 Å². The minimum absolute atomic E-state index is 0.142. The Balaban J connectivity index is 1.36. The van der Waals surface area contributed by atoms with Gasteiger partial charge in [-0.05, 0) is 35.9 Å². The van der Waals surface area contributed by atoms with Crippen LogP contribution in [-0.2, 0) is 16.1 Å². The number of halogens is 1. The maximum Gasteiger partial charge on any atom is 0.309 e. The minimum Gasteiger partial charge on any atom is -0.467 e. The number of rotatable bonds is 7. The van der Waals surface area contributed by atoms with Crippen molar-refractivity contribution in [3.8, 4) is 0 Å². The van der Waals surface area contributed by atoms with Gasteiger partial charge in [-0.3, -0.25) is 19.5 Å². The average Bonchev–Trinajstić information content (AvgIpc) is 3.38. The van der Waals surface area contributed by atoms with Crippen molar-refractivity contribution in [1.82, 2.24) is 20.5 Å². The molecule has 3 heterocycles. The number of aromatic nitrogens is 1. The van der Waals surface area contributed by atoms with Crippen LogP contribution in [0.4, 0.5) is 10.1 Å². The molecule has 9 heteroatoms. The lowest BCUT2D eigenvalue weighted by Gasteiger charge is -2.40. The van der Waals surface area contributed by atoms with Crippen LogP contribution in [0.25, 0.3) is 0 Å². The third-order valence-electron chi connectivity index (χ3n) is 5.68. The number of amides is 2.